The summed E-state index contributed by atoms with van der Waals surface area (Å²) in [4.78, 5) is 12.8. The smallest absolute Gasteiger partial charge is 0.256 e. The molecule has 1 aromatic heterocycles. The first-order valence-corrected chi connectivity index (χ1v) is 11.8. The average molecular weight is 492 g/mol. The van der Waals surface area contributed by atoms with Crippen LogP contribution in [0, 0.1) is 12.7 Å². The molecule has 4 aromatic rings. The number of nitrogens with one attached hydrogen (secondary N) is 1. The zero-order valence-corrected chi connectivity index (χ0v) is 20.6. The van der Waals surface area contributed by atoms with Crippen LogP contribution in [0.1, 0.15) is 52.5 Å². The fraction of sp³-hybridized carbons (Fsp3) is 0.214. The molecule has 1 amide bonds. The molecule has 0 radical (unpaired) electrons. The highest BCUT2D eigenvalue weighted by atomic mass is 35.5. The number of nitrogens with zero attached hydrogens (tertiary/aromatic N) is 2. The van der Waals surface area contributed by atoms with Gasteiger partial charge >= 0.3 is 0 Å². The van der Waals surface area contributed by atoms with E-state index in [4.69, 9.17) is 16.3 Å². The SMILES string of the molecule is Cc1cc(NC(=O)c2cccc(COc3ccc(C(C)C)cc3)c2)nn1Cc1c(F)cccc1Cl. The van der Waals surface area contributed by atoms with Crippen LogP contribution in [-0.4, -0.2) is 15.7 Å². The monoisotopic (exact) mass is 491 g/mol. The molecular formula is C28H27ClFN3O2. The van der Waals surface area contributed by atoms with E-state index in [9.17, 15) is 9.18 Å². The van der Waals surface area contributed by atoms with Crippen LogP contribution in [0.4, 0.5) is 10.2 Å². The van der Waals surface area contributed by atoms with Crippen molar-refractivity contribution in [3.63, 3.8) is 0 Å². The fourth-order valence-corrected chi connectivity index (χ4v) is 3.89. The van der Waals surface area contributed by atoms with Crippen molar-refractivity contribution in [3.05, 3.63) is 112 Å². The third kappa shape index (κ3) is 6.08. The standard InChI is InChI=1S/C28H27ClFN3O2/c1-18(2)21-10-12-23(13-11-21)35-17-20-6-4-7-22(15-20)28(34)31-27-14-19(3)33(32-27)16-24-25(29)8-5-9-26(24)30/h4-15,18H,16-17H2,1-3H3,(H,31,32,34). The number of rotatable bonds is 8. The highest BCUT2D eigenvalue weighted by Crippen LogP contribution is 2.22. The summed E-state index contributed by atoms with van der Waals surface area (Å²) < 4.78 is 21.7. The van der Waals surface area contributed by atoms with Crippen molar-refractivity contribution >= 4 is 23.3 Å². The van der Waals surface area contributed by atoms with Gasteiger partial charge in [0.1, 0.15) is 18.2 Å². The number of hydrogen-bond donors (Lipinski definition) is 1. The van der Waals surface area contributed by atoms with Gasteiger partial charge in [-0.05, 0) is 60.4 Å². The number of amides is 1. The summed E-state index contributed by atoms with van der Waals surface area (Å²) >= 11 is 6.14. The number of halogens is 2. The van der Waals surface area contributed by atoms with Gasteiger partial charge in [-0.1, -0.05) is 55.8 Å². The van der Waals surface area contributed by atoms with Crippen LogP contribution in [0.15, 0.2) is 72.8 Å². The predicted molar refractivity (Wildman–Crippen MR) is 137 cm³/mol. The van der Waals surface area contributed by atoms with Gasteiger partial charge in [-0.25, -0.2) is 4.39 Å². The number of benzene rings is 3. The predicted octanol–water partition coefficient (Wildman–Crippen LogP) is 6.99. The maximum absolute atomic E-state index is 14.2. The summed E-state index contributed by atoms with van der Waals surface area (Å²) in [7, 11) is 0. The Bertz CT molecular complexity index is 1310. The molecule has 4 rings (SSSR count). The minimum atomic E-state index is -0.395. The quantitative estimate of drug-likeness (QED) is 0.289. The van der Waals surface area contributed by atoms with Gasteiger partial charge in [-0.3, -0.25) is 9.48 Å². The van der Waals surface area contributed by atoms with Gasteiger partial charge in [0.15, 0.2) is 5.82 Å². The summed E-state index contributed by atoms with van der Waals surface area (Å²) in [6, 6.07) is 21.6. The second-order valence-corrected chi connectivity index (χ2v) is 9.10. The van der Waals surface area contributed by atoms with Gasteiger partial charge in [-0.2, -0.15) is 5.10 Å². The van der Waals surface area contributed by atoms with Crippen molar-refractivity contribution in [2.24, 2.45) is 0 Å². The van der Waals surface area contributed by atoms with E-state index in [0.29, 0.717) is 34.5 Å². The summed E-state index contributed by atoms with van der Waals surface area (Å²) in [6.45, 7) is 6.65. The molecule has 0 bridgehead atoms. The molecule has 35 heavy (non-hydrogen) atoms. The highest BCUT2D eigenvalue weighted by molar-refractivity contribution is 6.31. The first kappa shape index (κ1) is 24.5. The molecule has 0 unspecified atom stereocenters. The molecule has 3 aromatic carbocycles. The van der Waals surface area contributed by atoms with Gasteiger partial charge in [0, 0.05) is 27.9 Å². The van der Waals surface area contributed by atoms with Crippen molar-refractivity contribution in [2.75, 3.05) is 5.32 Å². The Hall–Kier alpha value is -3.64. The maximum Gasteiger partial charge on any atom is 0.256 e. The van der Waals surface area contributed by atoms with Crippen LogP contribution >= 0.6 is 11.6 Å². The molecular weight excluding hydrogens is 465 g/mol. The Kier molecular flexibility index (Phi) is 7.51. The Morgan fingerprint density at radius 3 is 2.54 bits per heavy atom. The molecule has 0 fully saturated rings. The highest BCUT2D eigenvalue weighted by Gasteiger charge is 2.14. The summed E-state index contributed by atoms with van der Waals surface area (Å²) in [5.74, 6) is 0.938. The second-order valence-electron chi connectivity index (χ2n) is 8.70. The van der Waals surface area contributed by atoms with E-state index in [1.54, 1.807) is 35.0 Å². The molecule has 180 valence electrons. The van der Waals surface area contributed by atoms with Gasteiger partial charge in [0.25, 0.3) is 5.91 Å². The van der Waals surface area contributed by atoms with E-state index in [2.05, 4.69) is 36.4 Å². The number of aryl methyl sites for hydroxylation is 1. The minimum absolute atomic E-state index is 0.165. The van der Waals surface area contributed by atoms with E-state index in [-0.39, 0.29) is 12.5 Å². The largest absolute Gasteiger partial charge is 0.489 e. The molecule has 5 nitrogen and oxygen atoms in total. The van der Waals surface area contributed by atoms with E-state index in [0.717, 1.165) is 17.0 Å². The number of hydrogen-bond acceptors (Lipinski definition) is 3. The zero-order valence-electron chi connectivity index (χ0n) is 19.9. The lowest BCUT2D eigenvalue weighted by molar-refractivity contribution is 0.102. The molecule has 0 saturated carbocycles. The van der Waals surface area contributed by atoms with Crippen molar-refractivity contribution in [1.29, 1.82) is 0 Å². The summed E-state index contributed by atoms with van der Waals surface area (Å²) in [5.41, 5.74) is 3.74. The Morgan fingerprint density at radius 1 is 1.09 bits per heavy atom. The van der Waals surface area contributed by atoms with E-state index >= 15 is 0 Å². The third-order valence-corrected chi connectivity index (χ3v) is 6.09. The summed E-state index contributed by atoms with van der Waals surface area (Å²) in [6.07, 6.45) is 0. The molecule has 0 aliphatic carbocycles. The van der Waals surface area contributed by atoms with Crippen molar-refractivity contribution in [1.82, 2.24) is 9.78 Å². The number of carbonyl (C=O) groups excluding carboxylic acids is 1. The van der Waals surface area contributed by atoms with E-state index < -0.39 is 5.82 Å². The minimum Gasteiger partial charge on any atom is -0.489 e. The Labute approximate surface area is 209 Å². The maximum atomic E-state index is 14.2. The van der Waals surface area contributed by atoms with Gasteiger partial charge < -0.3 is 10.1 Å². The molecule has 0 spiro atoms. The summed E-state index contributed by atoms with van der Waals surface area (Å²) in [5, 5.41) is 7.55. The molecule has 1 heterocycles. The molecule has 1 N–H and O–H groups in total. The first-order valence-electron chi connectivity index (χ1n) is 11.4. The van der Waals surface area contributed by atoms with E-state index in [1.165, 1.54) is 11.6 Å². The van der Waals surface area contributed by atoms with Crippen LogP contribution in [-0.2, 0) is 13.2 Å². The van der Waals surface area contributed by atoms with E-state index in [1.807, 2.05) is 31.2 Å². The number of ether oxygens (including phenoxy) is 1. The molecule has 0 atom stereocenters. The first-order chi connectivity index (χ1) is 16.8. The normalized spacial score (nSPS) is 11.0. The number of anilines is 1. The van der Waals surface area contributed by atoms with Gasteiger partial charge in [-0.15, -0.1) is 0 Å². The fourth-order valence-electron chi connectivity index (χ4n) is 3.67. The second kappa shape index (κ2) is 10.7. The average Bonchev–Trinajstić information content (AvgIpc) is 3.19. The molecule has 0 aliphatic heterocycles. The molecule has 0 aliphatic rings. The number of carbonyl (C=O) groups is 1. The van der Waals surface area contributed by atoms with Gasteiger partial charge in [0.05, 0.1) is 6.54 Å². The Morgan fingerprint density at radius 2 is 1.83 bits per heavy atom. The van der Waals surface area contributed by atoms with Crippen LogP contribution in [0.3, 0.4) is 0 Å². The lowest BCUT2D eigenvalue weighted by atomic mass is 10.0. The topological polar surface area (TPSA) is 56.1 Å². The van der Waals surface area contributed by atoms with Crippen molar-refractivity contribution in [2.45, 2.75) is 39.8 Å². The zero-order chi connectivity index (χ0) is 24.9. The number of aromatic nitrogens is 2. The molecule has 7 heteroatoms. The Balaban J connectivity index is 1.40. The lowest BCUT2D eigenvalue weighted by Gasteiger charge is -2.10. The van der Waals surface area contributed by atoms with Crippen molar-refractivity contribution in [3.8, 4) is 5.75 Å². The van der Waals surface area contributed by atoms with Crippen LogP contribution in [0.5, 0.6) is 5.75 Å². The molecule has 0 saturated heterocycles. The van der Waals surface area contributed by atoms with Crippen LogP contribution in [0.2, 0.25) is 5.02 Å². The van der Waals surface area contributed by atoms with Gasteiger partial charge in [0.2, 0.25) is 0 Å². The lowest BCUT2D eigenvalue weighted by Crippen LogP contribution is -2.13. The van der Waals surface area contributed by atoms with Crippen LogP contribution < -0.4 is 10.1 Å². The third-order valence-electron chi connectivity index (χ3n) is 5.73. The van der Waals surface area contributed by atoms with Crippen molar-refractivity contribution < 1.29 is 13.9 Å². The van der Waals surface area contributed by atoms with Crippen LogP contribution in [0.25, 0.3) is 0 Å².